The minimum Gasteiger partial charge on any atom is -0.464 e. The van der Waals surface area contributed by atoms with Crippen LogP contribution >= 0.6 is 0 Å². The van der Waals surface area contributed by atoms with Crippen molar-refractivity contribution in [2.24, 2.45) is 5.73 Å². The van der Waals surface area contributed by atoms with Gasteiger partial charge < -0.3 is 10.2 Å². The molecule has 0 aliphatic heterocycles. The van der Waals surface area contributed by atoms with Crippen LogP contribution in [0.3, 0.4) is 0 Å². The molecule has 1 aromatic rings. The molecule has 3 heteroatoms. The average Bonchev–Trinajstić information content (AvgIpc) is 2.17. The van der Waals surface area contributed by atoms with Crippen LogP contribution in [0.2, 0.25) is 0 Å². The molecule has 0 unspecified atom stereocenters. The van der Waals surface area contributed by atoms with Gasteiger partial charge in [0.2, 0.25) is 0 Å². The maximum absolute atomic E-state index is 11.6. The molecular formula is C10H11NO2. The Morgan fingerprint density at radius 3 is 2.62 bits per heavy atom. The van der Waals surface area contributed by atoms with Gasteiger partial charge in [0, 0.05) is 12.1 Å². The minimum atomic E-state index is -0.140. The number of hydrogen-bond donors (Lipinski definition) is 1. The third-order valence-corrected chi connectivity index (χ3v) is 1.74. The summed E-state index contributed by atoms with van der Waals surface area (Å²) >= 11 is 0. The Bertz CT molecular complexity index is 390. The highest BCUT2D eigenvalue weighted by Gasteiger charge is 2.06. The van der Waals surface area contributed by atoms with E-state index in [9.17, 15) is 4.79 Å². The van der Waals surface area contributed by atoms with Crippen LogP contribution in [0.4, 0.5) is 0 Å². The molecule has 1 heterocycles. The summed E-state index contributed by atoms with van der Waals surface area (Å²) in [5, 5.41) is 0. The minimum absolute atomic E-state index is 0.140. The molecule has 1 aromatic heterocycles. The van der Waals surface area contributed by atoms with Crippen LogP contribution in [-0.2, 0) is 6.54 Å². The van der Waals surface area contributed by atoms with Crippen molar-refractivity contribution in [3.8, 4) is 0 Å². The first-order valence-electron chi connectivity index (χ1n) is 3.84. The highest BCUT2D eigenvalue weighted by Crippen LogP contribution is 2.08. The Morgan fingerprint density at radius 1 is 1.46 bits per heavy atom. The van der Waals surface area contributed by atoms with Crippen molar-refractivity contribution in [3.63, 3.8) is 0 Å². The quantitative estimate of drug-likeness (QED) is 0.758. The molecule has 0 amide bonds. The van der Waals surface area contributed by atoms with Crippen LogP contribution in [-0.4, -0.2) is 0 Å². The molecule has 0 aliphatic rings. The number of rotatable bonds is 3. The monoisotopic (exact) mass is 177 g/mol. The van der Waals surface area contributed by atoms with Crippen LogP contribution < -0.4 is 11.2 Å². The molecule has 0 fully saturated rings. The second kappa shape index (κ2) is 3.87. The second-order valence-corrected chi connectivity index (χ2v) is 2.48. The van der Waals surface area contributed by atoms with Gasteiger partial charge in [-0.05, 0) is 6.08 Å². The van der Waals surface area contributed by atoms with Crippen LogP contribution in [0.5, 0.6) is 0 Å². The molecule has 0 saturated carbocycles. The van der Waals surface area contributed by atoms with E-state index in [1.54, 1.807) is 0 Å². The molecule has 13 heavy (non-hydrogen) atoms. The van der Waals surface area contributed by atoms with E-state index in [4.69, 9.17) is 10.2 Å². The molecule has 0 atom stereocenters. The topological polar surface area (TPSA) is 56.2 Å². The van der Waals surface area contributed by atoms with Crippen LogP contribution in [0, 0.1) is 0 Å². The molecule has 2 N–H and O–H groups in total. The van der Waals surface area contributed by atoms with Crippen molar-refractivity contribution in [1.29, 1.82) is 0 Å². The van der Waals surface area contributed by atoms with E-state index < -0.39 is 0 Å². The van der Waals surface area contributed by atoms with E-state index in [1.807, 2.05) is 0 Å². The number of nitrogens with two attached hydrogens (primary N) is 1. The van der Waals surface area contributed by atoms with Gasteiger partial charge in [-0.15, -0.1) is 0 Å². The molecule has 0 aliphatic carbocycles. The molecule has 0 saturated heterocycles. The maximum atomic E-state index is 11.6. The fraction of sp³-hybridized carbons (Fsp3) is 0.100. The molecule has 3 nitrogen and oxygen atoms in total. The van der Waals surface area contributed by atoms with Gasteiger partial charge in [-0.2, -0.15) is 0 Å². The van der Waals surface area contributed by atoms with Gasteiger partial charge in [0.15, 0.2) is 5.43 Å². The van der Waals surface area contributed by atoms with Gasteiger partial charge in [0.25, 0.3) is 0 Å². The third kappa shape index (κ3) is 1.60. The first kappa shape index (κ1) is 9.48. The molecule has 0 aromatic carbocycles. The highest BCUT2D eigenvalue weighted by atomic mass is 16.3. The zero-order chi connectivity index (χ0) is 9.84. The van der Waals surface area contributed by atoms with E-state index in [0.717, 1.165) is 0 Å². The summed E-state index contributed by atoms with van der Waals surface area (Å²) in [7, 11) is 0. The Balaban J connectivity index is 3.49. The summed E-state index contributed by atoms with van der Waals surface area (Å²) in [5.74, 6) is 0.428. The second-order valence-electron chi connectivity index (χ2n) is 2.48. The average molecular weight is 177 g/mol. The van der Waals surface area contributed by atoms with Crippen LogP contribution in [0.15, 0.2) is 28.6 Å². The molecule has 0 radical (unpaired) electrons. The lowest BCUT2D eigenvalue weighted by molar-refractivity contribution is 0.528. The Kier molecular flexibility index (Phi) is 2.82. The van der Waals surface area contributed by atoms with E-state index in [2.05, 4.69) is 13.2 Å². The summed E-state index contributed by atoms with van der Waals surface area (Å²) < 4.78 is 5.13. The first-order valence-corrected chi connectivity index (χ1v) is 3.84. The van der Waals surface area contributed by atoms with Crippen molar-refractivity contribution < 1.29 is 4.42 Å². The van der Waals surface area contributed by atoms with Gasteiger partial charge in [0.05, 0.1) is 11.8 Å². The molecular weight excluding hydrogens is 166 g/mol. The lowest BCUT2D eigenvalue weighted by Gasteiger charge is -2.00. The molecule has 0 spiro atoms. The smallest absolute Gasteiger partial charge is 0.197 e. The predicted molar refractivity (Wildman–Crippen MR) is 53.1 cm³/mol. The maximum Gasteiger partial charge on any atom is 0.197 e. The fourth-order valence-electron chi connectivity index (χ4n) is 1.03. The summed E-state index contributed by atoms with van der Waals surface area (Å²) in [6.07, 6.45) is 4.27. The number of hydrogen-bond acceptors (Lipinski definition) is 3. The van der Waals surface area contributed by atoms with E-state index >= 15 is 0 Å². The SMILES string of the molecule is C=Cc1occ(CN)c(=O)c1C=C. The standard InChI is InChI=1S/C10H11NO2/c1-3-8-9(4-2)13-6-7(5-11)10(8)12/h3-4,6H,1-2,5,11H2. The van der Waals surface area contributed by atoms with Gasteiger partial charge in [-0.3, -0.25) is 4.79 Å². The predicted octanol–water partition coefficient (Wildman–Crippen LogP) is 1.38. The Labute approximate surface area is 76.2 Å². The van der Waals surface area contributed by atoms with Crippen molar-refractivity contribution in [2.45, 2.75) is 6.54 Å². The highest BCUT2D eigenvalue weighted by molar-refractivity contribution is 5.59. The van der Waals surface area contributed by atoms with E-state index in [-0.39, 0.29) is 12.0 Å². The molecule has 1 rings (SSSR count). The normalized spacial score (nSPS) is 9.62. The van der Waals surface area contributed by atoms with Crippen LogP contribution in [0.1, 0.15) is 16.9 Å². The van der Waals surface area contributed by atoms with Crippen molar-refractivity contribution in [3.05, 3.63) is 46.5 Å². The van der Waals surface area contributed by atoms with Gasteiger partial charge in [-0.25, -0.2) is 0 Å². The van der Waals surface area contributed by atoms with Crippen LogP contribution in [0.25, 0.3) is 12.2 Å². The van der Waals surface area contributed by atoms with Crippen molar-refractivity contribution in [1.82, 2.24) is 0 Å². The summed E-state index contributed by atoms with van der Waals surface area (Å²) in [4.78, 5) is 11.6. The zero-order valence-corrected chi connectivity index (χ0v) is 7.25. The Hall–Kier alpha value is -1.61. The summed E-state index contributed by atoms with van der Waals surface area (Å²) in [6.45, 7) is 7.22. The largest absolute Gasteiger partial charge is 0.464 e. The zero-order valence-electron chi connectivity index (χ0n) is 7.25. The van der Waals surface area contributed by atoms with E-state index in [1.165, 1.54) is 18.4 Å². The lowest BCUT2D eigenvalue weighted by atomic mass is 10.1. The fourth-order valence-corrected chi connectivity index (χ4v) is 1.03. The van der Waals surface area contributed by atoms with Gasteiger partial charge in [-0.1, -0.05) is 19.2 Å². The molecule has 0 bridgehead atoms. The third-order valence-electron chi connectivity index (χ3n) is 1.74. The van der Waals surface area contributed by atoms with E-state index in [0.29, 0.717) is 16.9 Å². The van der Waals surface area contributed by atoms with Crippen molar-refractivity contribution in [2.75, 3.05) is 0 Å². The lowest BCUT2D eigenvalue weighted by Crippen LogP contribution is -2.15. The summed E-state index contributed by atoms with van der Waals surface area (Å²) in [6, 6.07) is 0. The van der Waals surface area contributed by atoms with Gasteiger partial charge in [0.1, 0.15) is 5.76 Å². The summed E-state index contributed by atoms with van der Waals surface area (Å²) in [5.41, 5.74) is 6.07. The van der Waals surface area contributed by atoms with Crippen molar-refractivity contribution >= 4 is 12.2 Å². The molecule has 68 valence electrons. The first-order chi connectivity index (χ1) is 6.24. The van der Waals surface area contributed by atoms with Gasteiger partial charge >= 0.3 is 0 Å². The Morgan fingerprint density at radius 2 is 2.15 bits per heavy atom.